The van der Waals surface area contributed by atoms with Gasteiger partial charge in [-0.3, -0.25) is 0 Å². The largest absolute Gasteiger partial charge is 0.382 e. The van der Waals surface area contributed by atoms with Crippen LogP contribution in [0.25, 0.3) is 0 Å². The van der Waals surface area contributed by atoms with Crippen LogP contribution in [-0.2, 0) is 0 Å². The van der Waals surface area contributed by atoms with E-state index in [4.69, 9.17) is 5.73 Å². The second-order valence-electron chi connectivity index (χ2n) is 1.68. The number of nitrogens with two attached hydrogens (primary N) is 1. The minimum Gasteiger partial charge on any atom is -0.382 e. The Hall–Kier alpha value is -0.420. The molecule has 0 aliphatic heterocycles. The Morgan fingerprint density at radius 2 is 2.40 bits per heavy atom. The molecule has 56 valence electrons. The van der Waals surface area contributed by atoms with E-state index in [-0.39, 0.29) is 0 Å². The van der Waals surface area contributed by atoms with Crippen LogP contribution in [0.1, 0.15) is 0 Å². The molecule has 0 fully saturated rings. The summed E-state index contributed by atoms with van der Waals surface area (Å²) in [7, 11) is 1.87. The van der Waals surface area contributed by atoms with Crippen LogP contribution in [-0.4, -0.2) is 17.7 Å². The van der Waals surface area contributed by atoms with Gasteiger partial charge in [0.05, 0.1) is 4.90 Å². The number of hydrogen-bond donors (Lipinski definition) is 2. The average Bonchev–Trinajstić information content (AvgIpc) is 2.30. The van der Waals surface area contributed by atoms with E-state index in [1.807, 2.05) is 13.3 Å². The summed E-state index contributed by atoms with van der Waals surface area (Å²) in [5, 5.41) is 4.07. The maximum atomic E-state index is 5.57. The third kappa shape index (κ3) is 1.19. The lowest BCUT2D eigenvalue weighted by molar-refractivity contribution is 1.42. The molecule has 0 saturated carbocycles. The monoisotopic (exact) mass is 175 g/mol. The van der Waals surface area contributed by atoms with Gasteiger partial charge in [0.1, 0.15) is 5.00 Å². The van der Waals surface area contributed by atoms with Crippen molar-refractivity contribution in [2.24, 2.45) is 0 Å². The van der Waals surface area contributed by atoms with Crippen molar-refractivity contribution in [1.29, 1.82) is 0 Å². The van der Waals surface area contributed by atoms with Gasteiger partial charge in [0.2, 0.25) is 0 Å². The summed E-state index contributed by atoms with van der Waals surface area (Å²) in [5.74, 6) is 0.627. The van der Waals surface area contributed by atoms with Crippen LogP contribution in [0, 0.1) is 0 Å². The smallest absolute Gasteiger partial charge is 0.153 e. The first-order chi connectivity index (χ1) is 4.79. The molecule has 0 unspecified atom stereocenters. The summed E-state index contributed by atoms with van der Waals surface area (Å²) >= 11 is 3.01. The first-order valence-electron chi connectivity index (χ1n) is 2.76. The summed E-state index contributed by atoms with van der Waals surface area (Å²) < 4.78 is 3.99. The van der Waals surface area contributed by atoms with Gasteiger partial charge in [0.25, 0.3) is 0 Å². The molecule has 0 aliphatic rings. The van der Waals surface area contributed by atoms with Gasteiger partial charge < -0.3 is 11.1 Å². The molecule has 0 aromatic carbocycles. The average molecular weight is 175 g/mol. The molecule has 1 aromatic rings. The van der Waals surface area contributed by atoms with Crippen LogP contribution in [0.3, 0.4) is 0 Å². The van der Waals surface area contributed by atoms with E-state index in [0.29, 0.717) is 5.82 Å². The Morgan fingerprint density at radius 1 is 1.70 bits per heavy atom. The highest BCUT2D eigenvalue weighted by atomic mass is 32.2. The van der Waals surface area contributed by atoms with Crippen molar-refractivity contribution >= 4 is 34.1 Å². The number of nitrogens with one attached hydrogen (secondary N) is 1. The molecule has 1 aromatic heterocycles. The summed E-state index contributed by atoms with van der Waals surface area (Å²) in [6.07, 6.45) is 1.99. The quantitative estimate of drug-likeness (QED) is 0.669. The highest BCUT2D eigenvalue weighted by molar-refractivity contribution is 7.99. The first-order valence-corrected chi connectivity index (χ1v) is 4.76. The number of aromatic nitrogens is 1. The minimum absolute atomic E-state index is 0.627. The second kappa shape index (κ2) is 3.12. The molecule has 1 heterocycles. The van der Waals surface area contributed by atoms with E-state index in [1.54, 1.807) is 11.8 Å². The van der Waals surface area contributed by atoms with Gasteiger partial charge in [-0.25, -0.2) is 0 Å². The van der Waals surface area contributed by atoms with E-state index in [1.165, 1.54) is 11.5 Å². The van der Waals surface area contributed by atoms with Crippen LogP contribution < -0.4 is 11.1 Å². The van der Waals surface area contributed by atoms with Gasteiger partial charge in [0.15, 0.2) is 5.82 Å². The zero-order valence-electron chi connectivity index (χ0n) is 5.84. The van der Waals surface area contributed by atoms with Crippen LogP contribution in [0.2, 0.25) is 0 Å². The van der Waals surface area contributed by atoms with Gasteiger partial charge >= 0.3 is 0 Å². The fourth-order valence-corrected chi connectivity index (χ4v) is 2.17. The fraction of sp³-hybridized carbons (Fsp3) is 0.400. The Balaban J connectivity index is 3.01. The topological polar surface area (TPSA) is 50.9 Å². The van der Waals surface area contributed by atoms with Crippen molar-refractivity contribution in [2.45, 2.75) is 4.90 Å². The highest BCUT2D eigenvalue weighted by Crippen LogP contribution is 2.33. The zero-order chi connectivity index (χ0) is 7.56. The summed E-state index contributed by atoms with van der Waals surface area (Å²) in [5.41, 5.74) is 5.57. The SMILES string of the molecule is CNc1snc(N)c1SC. The van der Waals surface area contributed by atoms with E-state index >= 15 is 0 Å². The van der Waals surface area contributed by atoms with Gasteiger partial charge in [0, 0.05) is 7.05 Å². The minimum atomic E-state index is 0.627. The summed E-state index contributed by atoms with van der Waals surface area (Å²) in [6.45, 7) is 0. The lowest BCUT2D eigenvalue weighted by atomic mass is 10.6. The predicted molar refractivity (Wildman–Crippen MR) is 47.9 cm³/mol. The molecular weight excluding hydrogens is 166 g/mol. The van der Waals surface area contributed by atoms with Gasteiger partial charge in [-0.05, 0) is 17.8 Å². The van der Waals surface area contributed by atoms with E-state index < -0.39 is 0 Å². The number of nitrogens with zero attached hydrogens (tertiary/aromatic N) is 1. The molecule has 0 saturated heterocycles. The number of anilines is 2. The molecule has 3 N–H and O–H groups in total. The standard InChI is InChI=1S/C5H9N3S2/c1-7-5-3(9-2)4(6)8-10-5/h7H,1-2H3,(H2,6,8). The van der Waals surface area contributed by atoms with Crippen LogP contribution >= 0.6 is 23.3 Å². The van der Waals surface area contributed by atoms with Crippen molar-refractivity contribution in [3.63, 3.8) is 0 Å². The van der Waals surface area contributed by atoms with Gasteiger partial charge in [-0.1, -0.05) is 0 Å². The maximum Gasteiger partial charge on any atom is 0.153 e. The lowest BCUT2D eigenvalue weighted by Gasteiger charge is -1.96. The third-order valence-electron chi connectivity index (χ3n) is 1.11. The highest BCUT2D eigenvalue weighted by Gasteiger charge is 2.07. The molecule has 3 nitrogen and oxygen atoms in total. The van der Waals surface area contributed by atoms with Crippen LogP contribution in [0.5, 0.6) is 0 Å². The molecule has 0 spiro atoms. The van der Waals surface area contributed by atoms with Crippen LogP contribution in [0.4, 0.5) is 10.8 Å². The zero-order valence-corrected chi connectivity index (χ0v) is 7.47. The Kier molecular flexibility index (Phi) is 2.39. The maximum absolute atomic E-state index is 5.57. The van der Waals surface area contributed by atoms with Crippen molar-refractivity contribution in [2.75, 3.05) is 24.4 Å². The molecule has 0 amide bonds. The molecule has 1 rings (SSSR count). The van der Waals surface area contributed by atoms with Gasteiger partial charge in [-0.2, -0.15) is 4.37 Å². The molecule has 0 atom stereocenters. The van der Waals surface area contributed by atoms with Crippen LogP contribution in [0.15, 0.2) is 4.90 Å². The first kappa shape index (κ1) is 7.68. The number of nitrogen functional groups attached to an aromatic ring is 1. The molecule has 0 bridgehead atoms. The van der Waals surface area contributed by atoms with Crippen molar-refractivity contribution in [1.82, 2.24) is 4.37 Å². The van der Waals surface area contributed by atoms with Crippen molar-refractivity contribution < 1.29 is 0 Å². The molecule has 0 radical (unpaired) electrons. The Bertz CT molecular complexity index is 221. The number of thioether (sulfide) groups is 1. The Labute approximate surface area is 68.2 Å². The molecule has 5 heteroatoms. The summed E-state index contributed by atoms with van der Waals surface area (Å²) in [6, 6.07) is 0. The normalized spacial score (nSPS) is 9.80. The van der Waals surface area contributed by atoms with E-state index in [9.17, 15) is 0 Å². The fourth-order valence-electron chi connectivity index (χ4n) is 0.650. The lowest BCUT2D eigenvalue weighted by Crippen LogP contribution is -1.88. The third-order valence-corrected chi connectivity index (χ3v) is 2.93. The number of hydrogen-bond acceptors (Lipinski definition) is 5. The van der Waals surface area contributed by atoms with Crippen molar-refractivity contribution in [3.8, 4) is 0 Å². The van der Waals surface area contributed by atoms with E-state index in [0.717, 1.165) is 9.90 Å². The van der Waals surface area contributed by atoms with Crippen molar-refractivity contribution in [3.05, 3.63) is 0 Å². The second-order valence-corrected chi connectivity index (χ2v) is 3.27. The summed E-state index contributed by atoms with van der Waals surface area (Å²) in [4.78, 5) is 1.05. The van der Waals surface area contributed by atoms with E-state index in [2.05, 4.69) is 9.69 Å². The van der Waals surface area contributed by atoms with Gasteiger partial charge in [-0.15, -0.1) is 11.8 Å². The number of rotatable bonds is 2. The molecule has 0 aliphatic carbocycles. The Morgan fingerprint density at radius 3 is 2.80 bits per heavy atom. The molecule has 10 heavy (non-hydrogen) atoms. The predicted octanol–water partition coefficient (Wildman–Crippen LogP) is 1.49. The molecular formula is C5H9N3S2.